The molecule has 5 atom stereocenters. The standard InChI is InChI=1S/C43H63N7O7S/c1-9-11-18-33(38(51)40(53)45-21-10-2)46-39(52)37-31(24-28(3)4)20-23-50(37)41(54)36(32-25-29-16-12-13-17-30(29)26-32)48-42(55)47-34(43(5,6)7)27-49(8)58(56,57)35-19-14-15-22-44-35/h10,12-17,19,22,28,31-34,36-37H,2,9,11,18,20-21,23-27H2,1,3-8H3,(H,45,53)(H,46,52)(H2,47,48,55)/t31-,33?,34-,36+,37+/m1/s1. The maximum Gasteiger partial charge on any atom is 0.315 e. The van der Waals surface area contributed by atoms with E-state index in [1.807, 2.05) is 65.8 Å². The van der Waals surface area contributed by atoms with Gasteiger partial charge < -0.3 is 26.2 Å². The van der Waals surface area contributed by atoms with Crippen LogP contribution in [0.3, 0.4) is 0 Å². The van der Waals surface area contributed by atoms with Gasteiger partial charge >= 0.3 is 6.03 Å². The van der Waals surface area contributed by atoms with Gasteiger partial charge in [-0.1, -0.05) is 90.8 Å². The molecule has 1 aromatic heterocycles. The number of benzene rings is 1. The van der Waals surface area contributed by atoms with Gasteiger partial charge in [-0.3, -0.25) is 19.2 Å². The molecule has 0 spiro atoms. The van der Waals surface area contributed by atoms with Crippen molar-refractivity contribution in [2.75, 3.05) is 26.7 Å². The van der Waals surface area contributed by atoms with Gasteiger partial charge in [0.25, 0.3) is 15.9 Å². The van der Waals surface area contributed by atoms with Gasteiger partial charge in [0.15, 0.2) is 5.03 Å². The number of fused-ring (bicyclic) bond motifs is 1. The molecule has 2 aromatic rings. The van der Waals surface area contributed by atoms with Crippen LogP contribution in [0.1, 0.15) is 84.8 Å². The van der Waals surface area contributed by atoms with Gasteiger partial charge in [-0.25, -0.2) is 18.2 Å². The molecule has 0 bridgehead atoms. The molecule has 1 fully saturated rings. The number of ketones is 1. The number of hydrogen-bond acceptors (Lipinski definition) is 8. The molecule has 58 heavy (non-hydrogen) atoms. The van der Waals surface area contributed by atoms with Crippen molar-refractivity contribution in [2.45, 2.75) is 116 Å². The Morgan fingerprint density at radius 2 is 1.66 bits per heavy atom. The number of pyridine rings is 1. The monoisotopic (exact) mass is 821 g/mol. The van der Waals surface area contributed by atoms with Gasteiger partial charge in [-0.15, -0.1) is 6.58 Å². The third kappa shape index (κ3) is 11.7. The Morgan fingerprint density at radius 3 is 2.22 bits per heavy atom. The van der Waals surface area contributed by atoms with Crippen molar-refractivity contribution >= 4 is 39.6 Å². The Kier molecular flexibility index (Phi) is 16.2. The average Bonchev–Trinajstić information content (AvgIpc) is 3.81. The fourth-order valence-corrected chi connectivity index (χ4v) is 9.05. The first kappa shape index (κ1) is 46.1. The largest absolute Gasteiger partial charge is 0.346 e. The zero-order valence-corrected chi connectivity index (χ0v) is 35.9. The summed E-state index contributed by atoms with van der Waals surface area (Å²) in [5.74, 6) is -2.85. The molecule has 0 saturated carbocycles. The molecule has 14 nitrogen and oxygen atoms in total. The van der Waals surface area contributed by atoms with Crippen molar-refractivity contribution in [3.05, 3.63) is 72.4 Å². The fourth-order valence-electron chi connectivity index (χ4n) is 7.94. The van der Waals surface area contributed by atoms with E-state index in [-0.39, 0.29) is 48.8 Å². The number of Topliss-reactive ketones (excluding diaryl/α,β-unsaturated/α-hetero) is 1. The molecule has 1 aliphatic heterocycles. The molecule has 2 aliphatic rings. The Morgan fingerprint density at radius 1 is 1.00 bits per heavy atom. The smallest absolute Gasteiger partial charge is 0.315 e. The molecule has 5 amide bonds. The topological polar surface area (TPSA) is 187 Å². The number of carbonyl (C=O) groups is 5. The van der Waals surface area contributed by atoms with Crippen molar-refractivity contribution in [3.8, 4) is 0 Å². The summed E-state index contributed by atoms with van der Waals surface area (Å²) in [4.78, 5) is 75.1. The molecule has 1 aliphatic carbocycles. The van der Waals surface area contributed by atoms with E-state index in [0.29, 0.717) is 32.1 Å². The van der Waals surface area contributed by atoms with E-state index < -0.39 is 69.1 Å². The van der Waals surface area contributed by atoms with E-state index in [2.05, 4.69) is 32.8 Å². The molecular weight excluding hydrogens is 759 g/mol. The molecule has 318 valence electrons. The number of carbonyl (C=O) groups excluding carboxylic acids is 5. The number of nitrogens with one attached hydrogen (secondary N) is 4. The number of hydrogen-bond donors (Lipinski definition) is 4. The minimum atomic E-state index is -3.97. The number of likely N-dealkylation sites (N-methyl/N-ethyl adjacent to an activating group) is 1. The van der Waals surface area contributed by atoms with Crippen LogP contribution >= 0.6 is 0 Å². The van der Waals surface area contributed by atoms with E-state index in [0.717, 1.165) is 21.9 Å². The van der Waals surface area contributed by atoms with Gasteiger partial charge in [0.05, 0.1) is 6.04 Å². The van der Waals surface area contributed by atoms with Gasteiger partial charge in [-0.05, 0) is 78.5 Å². The molecule has 1 unspecified atom stereocenters. The lowest BCUT2D eigenvalue weighted by Gasteiger charge is -2.36. The van der Waals surface area contributed by atoms with Crippen LogP contribution in [-0.2, 0) is 42.0 Å². The fraction of sp³-hybridized carbons (Fsp3) is 0.581. The third-order valence-electron chi connectivity index (χ3n) is 11.2. The van der Waals surface area contributed by atoms with Gasteiger partial charge in [0.2, 0.25) is 17.6 Å². The van der Waals surface area contributed by atoms with E-state index in [1.54, 1.807) is 17.0 Å². The van der Waals surface area contributed by atoms with Crippen molar-refractivity contribution in [1.29, 1.82) is 0 Å². The minimum Gasteiger partial charge on any atom is -0.346 e. The van der Waals surface area contributed by atoms with Crippen LogP contribution in [0, 0.1) is 23.2 Å². The summed E-state index contributed by atoms with van der Waals surface area (Å²) in [7, 11) is -2.54. The summed E-state index contributed by atoms with van der Waals surface area (Å²) in [5.41, 5.74) is 1.54. The van der Waals surface area contributed by atoms with Gasteiger partial charge in [0.1, 0.15) is 12.1 Å². The predicted molar refractivity (Wildman–Crippen MR) is 223 cm³/mol. The van der Waals surface area contributed by atoms with E-state index in [4.69, 9.17) is 0 Å². The van der Waals surface area contributed by atoms with Crippen molar-refractivity contribution in [1.82, 2.24) is 35.5 Å². The second-order valence-corrected chi connectivity index (χ2v) is 19.1. The van der Waals surface area contributed by atoms with Crippen LogP contribution in [0.15, 0.2) is 66.3 Å². The zero-order chi connectivity index (χ0) is 42.8. The number of sulfonamides is 1. The van der Waals surface area contributed by atoms with Crippen molar-refractivity contribution in [3.63, 3.8) is 0 Å². The quantitative estimate of drug-likeness (QED) is 0.121. The summed E-state index contributed by atoms with van der Waals surface area (Å²) in [6.07, 6.45) is 6.69. The maximum atomic E-state index is 15.0. The van der Waals surface area contributed by atoms with Crippen LogP contribution in [0.5, 0.6) is 0 Å². The normalized spacial score (nSPS) is 18.6. The summed E-state index contributed by atoms with van der Waals surface area (Å²) < 4.78 is 28.0. The summed E-state index contributed by atoms with van der Waals surface area (Å²) in [5, 5.41) is 11.2. The maximum absolute atomic E-state index is 15.0. The molecule has 1 saturated heterocycles. The molecule has 4 N–H and O–H groups in total. The van der Waals surface area contributed by atoms with Crippen LogP contribution in [0.25, 0.3) is 0 Å². The van der Waals surface area contributed by atoms with Crippen LogP contribution in [0.2, 0.25) is 0 Å². The highest BCUT2D eigenvalue weighted by atomic mass is 32.2. The summed E-state index contributed by atoms with van der Waals surface area (Å²) in [6.45, 7) is 15.6. The minimum absolute atomic E-state index is 0.0713. The number of nitrogens with zero attached hydrogens (tertiary/aromatic N) is 3. The lowest BCUT2D eigenvalue weighted by atomic mass is 9.86. The van der Waals surface area contributed by atoms with Gasteiger partial charge in [0, 0.05) is 38.9 Å². The van der Waals surface area contributed by atoms with E-state index >= 15 is 4.79 Å². The SMILES string of the molecule is C=CCNC(=O)C(=O)C(CCCC)NC(=O)[C@@H]1[C@@H](CC(C)C)CCN1C(=O)[C@@H](NC(=O)N[C@H](CN(C)S(=O)(=O)c1ccccn1)C(C)(C)C)C1Cc2ccccc2C1. The van der Waals surface area contributed by atoms with Crippen molar-refractivity contribution < 1.29 is 32.4 Å². The summed E-state index contributed by atoms with van der Waals surface area (Å²) in [6, 6.07) is 8.13. The Bertz CT molecular complexity index is 1860. The molecule has 1 aromatic carbocycles. The van der Waals surface area contributed by atoms with Crippen LogP contribution < -0.4 is 21.3 Å². The zero-order valence-electron chi connectivity index (χ0n) is 35.1. The summed E-state index contributed by atoms with van der Waals surface area (Å²) >= 11 is 0. The molecule has 0 radical (unpaired) electrons. The lowest BCUT2D eigenvalue weighted by Crippen LogP contribution is -2.61. The van der Waals surface area contributed by atoms with Crippen LogP contribution in [-0.4, -0.2) is 103 Å². The number of urea groups is 1. The highest BCUT2D eigenvalue weighted by Gasteiger charge is 2.47. The Hall–Kier alpha value is -4.63. The molecule has 2 heterocycles. The second-order valence-electron chi connectivity index (χ2n) is 17.1. The van der Waals surface area contributed by atoms with Crippen molar-refractivity contribution in [2.24, 2.45) is 23.2 Å². The second kappa shape index (κ2) is 20.4. The third-order valence-corrected chi connectivity index (χ3v) is 12.9. The molecule has 4 rings (SSSR count). The lowest BCUT2D eigenvalue weighted by molar-refractivity contribution is -0.144. The molecular formula is C43H63N7O7S. The van der Waals surface area contributed by atoms with E-state index in [9.17, 15) is 27.6 Å². The predicted octanol–water partition coefficient (Wildman–Crippen LogP) is 4.01. The van der Waals surface area contributed by atoms with E-state index in [1.165, 1.54) is 25.4 Å². The highest BCUT2D eigenvalue weighted by molar-refractivity contribution is 7.89. The highest BCUT2D eigenvalue weighted by Crippen LogP contribution is 2.34. The number of likely N-dealkylation sites (tertiary alicyclic amines) is 1. The number of rotatable bonds is 19. The number of unbranched alkanes of at least 4 members (excludes halogenated alkanes) is 1. The first-order valence-electron chi connectivity index (χ1n) is 20.4. The first-order valence-corrected chi connectivity index (χ1v) is 21.9. The molecule has 15 heteroatoms. The average molecular weight is 822 g/mol. The number of aromatic nitrogens is 1. The Labute approximate surface area is 344 Å². The first-order chi connectivity index (χ1) is 27.4. The van der Waals surface area contributed by atoms with Crippen LogP contribution in [0.4, 0.5) is 4.79 Å². The van der Waals surface area contributed by atoms with Gasteiger partial charge in [-0.2, -0.15) is 4.31 Å². The number of amides is 5. The Balaban J connectivity index is 1.63.